The van der Waals surface area contributed by atoms with E-state index in [2.05, 4.69) is 15.3 Å². The van der Waals surface area contributed by atoms with Crippen molar-refractivity contribution in [2.45, 2.75) is 37.8 Å². The number of anilines is 1. The quantitative estimate of drug-likeness (QED) is 0.712. The van der Waals surface area contributed by atoms with E-state index in [1.807, 2.05) is 30.3 Å². The van der Waals surface area contributed by atoms with Gasteiger partial charge in [0.1, 0.15) is 5.69 Å². The van der Waals surface area contributed by atoms with Crippen LogP contribution in [0.4, 0.5) is 13.9 Å². The van der Waals surface area contributed by atoms with Crippen molar-refractivity contribution in [3.05, 3.63) is 46.6 Å². The Kier molecular flexibility index (Phi) is 3.72. The average Bonchev–Trinajstić information content (AvgIpc) is 3.27. The smallest absolute Gasteiger partial charge is 0.270 e. The van der Waals surface area contributed by atoms with Crippen LogP contribution in [0.5, 0.6) is 0 Å². The Hall–Kier alpha value is -2.48. The SMILES string of the molecule is O=C(c1cc2ccccc2[nH]1)N1CCc2nc(NC3CCC3(F)F)sc2C1. The van der Waals surface area contributed by atoms with Crippen LogP contribution in [-0.4, -0.2) is 39.3 Å². The molecule has 0 spiro atoms. The van der Waals surface area contributed by atoms with E-state index in [0.717, 1.165) is 21.5 Å². The molecule has 1 unspecified atom stereocenters. The van der Waals surface area contributed by atoms with Crippen molar-refractivity contribution in [2.24, 2.45) is 0 Å². The average molecular weight is 388 g/mol. The fraction of sp³-hybridized carbons (Fsp3) is 0.368. The summed E-state index contributed by atoms with van der Waals surface area (Å²) in [4.78, 5) is 23.3. The Balaban J connectivity index is 1.32. The molecule has 140 valence electrons. The number of H-pyrrole nitrogens is 1. The summed E-state index contributed by atoms with van der Waals surface area (Å²) in [5, 5.41) is 4.40. The molecular weight excluding hydrogens is 370 g/mol. The Morgan fingerprint density at radius 2 is 2.22 bits per heavy atom. The first-order valence-corrected chi connectivity index (χ1v) is 9.81. The highest BCUT2D eigenvalue weighted by Crippen LogP contribution is 2.40. The first-order valence-electron chi connectivity index (χ1n) is 8.99. The van der Waals surface area contributed by atoms with Crippen LogP contribution in [0, 0.1) is 0 Å². The molecule has 2 N–H and O–H groups in total. The van der Waals surface area contributed by atoms with E-state index in [4.69, 9.17) is 0 Å². The molecule has 5 nitrogen and oxygen atoms in total. The van der Waals surface area contributed by atoms with Gasteiger partial charge in [0.15, 0.2) is 5.13 Å². The maximum absolute atomic E-state index is 13.5. The van der Waals surface area contributed by atoms with Gasteiger partial charge < -0.3 is 15.2 Å². The minimum Gasteiger partial charge on any atom is -0.353 e. The van der Waals surface area contributed by atoms with Crippen molar-refractivity contribution in [1.82, 2.24) is 14.9 Å². The number of hydrogen-bond acceptors (Lipinski definition) is 4. The molecule has 1 atom stereocenters. The van der Waals surface area contributed by atoms with Gasteiger partial charge in [-0.2, -0.15) is 0 Å². The number of para-hydroxylation sites is 1. The van der Waals surface area contributed by atoms with Crippen molar-refractivity contribution in [3.8, 4) is 0 Å². The molecule has 5 rings (SSSR count). The fourth-order valence-corrected chi connectivity index (χ4v) is 4.70. The molecule has 0 radical (unpaired) electrons. The summed E-state index contributed by atoms with van der Waals surface area (Å²) in [6.07, 6.45) is 1.03. The zero-order chi connectivity index (χ0) is 18.6. The number of benzene rings is 1. The molecule has 1 aromatic carbocycles. The zero-order valence-electron chi connectivity index (χ0n) is 14.5. The molecule has 1 saturated carbocycles. The van der Waals surface area contributed by atoms with E-state index in [1.54, 1.807) is 4.90 Å². The van der Waals surface area contributed by atoms with Gasteiger partial charge in [0, 0.05) is 35.2 Å². The largest absolute Gasteiger partial charge is 0.353 e. The van der Waals surface area contributed by atoms with E-state index in [1.165, 1.54) is 11.3 Å². The number of thiazole rings is 1. The first-order chi connectivity index (χ1) is 13.0. The minimum absolute atomic E-state index is 0.0507. The van der Waals surface area contributed by atoms with Crippen LogP contribution in [0.1, 0.15) is 33.9 Å². The second-order valence-corrected chi connectivity index (χ2v) is 8.22. The number of carbonyl (C=O) groups excluding carboxylic acids is 1. The lowest BCUT2D eigenvalue weighted by molar-refractivity contribution is -0.0845. The third kappa shape index (κ3) is 2.88. The van der Waals surface area contributed by atoms with Gasteiger partial charge in [0.2, 0.25) is 0 Å². The number of rotatable bonds is 3. The van der Waals surface area contributed by atoms with Gasteiger partial charge in [-0.1, -0.05) is 29.5 Å². The molecule has 1 fully saturated rings. The summed E-state index contributed by atoms with van der Waals surface area (Å²) in [5.41, 5.74) is 2.41. The van der Waals surface area contributed by atoms with E-state index in [9.17, 15) is 13.6 Å². The van der Waals surface area contributed by atoms with Gasteiger partial charge in [0.25, 0.3) is 11.8 Å². The van der Waals surface area contributed by atoms with E-state index in [-0.39, 0.29) is 12.3 Å². The van der Waals surface area contributed by atoms with E-state index >= 15 is 0 Å². The van der Waals surface area contributed by atoms with Crippen molar-refractivity contribution in [3.63, 3.8) is 0 Å². The summed E-state index contributed by atoms with van der Waals surface area (Å²) >= 11 is 1.38. The molecule has 3 aromatic rings. The maximum Gasteiger partial charge on any atom is 0.270 e. The molecule has 0 saturated heterocycles. The number of nitrogens with zero attached hydrogens (tertiary/aromatic N) is 2. The van der Waals surface area contributed by atoms with Gasteiger partial charge in [-0.25, -0.2) is 13.8 Å². The molecule has 2 aliphatic rings. The molecule has 8 heteroatoms. The van der Waals surface area contributed by atoms with Crippen LogP contribution < -0.4 is 5.32 Å². The van der Waals surface area contributed by atoms with Gasteiger partial charge in [0.05, 0.1) is 18.3 Å². The molecule has 1 aliphatic carbocycles. The lowest BCUT2D eigenvalue weighted by Gasteiger charge is -2.36. The molecular formula is C19H18F2N4OS. The van der Waals surface area contributed by atoms with Crippen LogP contribution in [0.25, 0.3) is 10.9 Å². The van der Waals surface area contributed by atoms with Gasteiger partial charge in [-0.15, -0.1) is 0 Å². The lowest BCUT2D eigenvalue weighted by Crippen LogP contribution is -2.48. The number of alkyl halides is 2. The highest BCUT2D eigenvalue weighted by atomic mass is 32.1. The summed E-state index contributed by atoms with van der Waals surface area (Å²) in [7, 11) is 0. The van der Waals surface area contributed by atoms with Crippen LogP contribution in [0.15, 0.2) is 30.3 Å². The van der Waals surface area contributed by atoms with E-state index < -0.39 is 12.0 Å². The molecule has 3 heterocycles. The van der Waals surface area contributed by atoms with Crippen molar-refractivity contribution >= 4 is 33.3 Å². The third-order valence-electron chi connectivity index (χ3n) is 5.35. The molecule has 1 amide bonds. The monoisotopic (exact) mass is 388 g/mol. The highest BCUT2D eigenvalue weighted by molar-refractivity contribution is 7.15. The van der Waals surface area contributed by atoms with Crippen molar-refractivity contribution in [2.75, 3.05) is 11.9 Å². The van der Waals surface area contributed by atoms with Crippen LogP contribution in [0.3, 0.4) is 0 Å². The van der Waals surface area contributed by atoms with Gasteiger partial charge in [-0.3, -0.25) is 4.79 Å². The number of halogens is 2. The van der Waals surface area contributed by atoms with E-state index in [0.29, 0.717) is 36.8 Å². The summed E-state index contributed by atoms with van der Waals surface area (Å²) in [5.74, 6) is -2.70. The maximum atomic E-state index is 13.5. The molecule has 2 aromatic heterocycles. The predicted molar refractivity (Wildman–Crippen MR) is 100 cm³/mol. The number of aromatic nitrogens is 2. The Bertz CT molecular complexity index is 995. The number of nitrogens with one attached hydrogen (secondary N) is 2. The second-order valence-electron chi connectivity index (χ2n) is 7.13. The number of aromatic amines is 1. The molecule has 1 aliphatic heterocycles. The van der Waals surface area contributed by atoms with Gasteiger partial charge in [-0.05, 0) is 18.6 Å². The summed E-state index contributed by atoms with van der Waals surface area (Å²) in [6.45, 7) is 1.04. The second kappa shape index (κ2) is 6.02. The highest BCUT2D eigenvalue weighted by Gasteiger charge is 2.48. The van der Waals surface area contributed by atoms with Crippen molar-refractivity contribution < 1.29 is 13.6 Å². The Morgan fingerprint density at radius 1 is 1.37 bits per heavy atom. The number of hydrogen-bond donors (Lipinski definition) is 2. The summed E-state index contributed by atoms with van der Waals surface area (Å²) < 4.78 is 26.9. The number of carbonyl (C=O) groups is 1. The lowest BCUT2D eigenvalue weighted by atomic mass is 9.88. The fourth-order valence-electron chi connectivity index (χ4n) is 3.62. The van der Waals surface area contributed by atoms with Crippen molar-refractivity contribution in [1.29, 1.82) is 0 Å². The van der Waals surface area contributed by atoms with Gasteiger partial charge >= 0.3 is 0 Å². The number of fused-ring (bicyclic) bond motifs is 2. The third-order valence-corrected chi connectivity index (χ3v) is 6.37. The molecule has 0 bridgehead atoms. The van der Waals surface area contributed by atoms with Crippen LogP contribution in [0.2, 0.25) is 0 Å². The normalized spacial score (nSPS) is 21.0. The Morgan fingerprint density at radius 3 is 2.96 bits per heavy atom. The molecule has 27 heavy (non-hydrogen) atoms. The first kappa shape index (κ1) is 16.7. The predicted octanol–water partition coefficient (Wildman–Crippen LogP) is 4.03. The standard InChI is InChI=1S/C19H18F2N4OS/c20-19(21)7-5-16(19)24-18-23-13-6-8-25(10-15(13)27-18)17(26)14-9-11-3-1-2-4-12(11)22-14/h1-4,9,16,22H,5-8,10H2,(H,23,24). The minimum atomic E-state index is -2.65. The summed E-state index contributed by atoms with van der Waals surface area (Å²) in [6, 6.07) is 8.82. The van der Waals surface area contributed by atoms with Crippen LogP contribution >= 0.6 is 11.3 Å². The Labute approximate surface area is 158 Å². The zero-order valence-corrected chi connectivity index (χ0v) is 15.3. The van der Waals surface area contributed by atoms with Crippen LogP contribution in [-0.2, 0) is 13.0 Å². The number of amides is 1. The topological polar surface area (TPSA) is 61.0 Å².